The second kappa shape index (κ2) is 9.08. The van der Waals surface area contributed by atoms with E-state index in [0.29, 0.717) is 25.7 Å². The second-order valence-electron chi connectivity index (χ2n) is 6.58. The van der Waals surface area contributed by atoms with Crippen molar-refractivity contribution >= 4 is 11.9 Å². The number of piperidine rings is 2. The molecule has 3 amide bonds. The summed E-state index contributed by atoms with van der Waals surface area (Å²) in [6.07, 6.45) is 5.37. The van der Waals surface area contributed by atoms with E-state index in [0.717, 1.165) is 25.9 Å². The number of rotatable bonds is 6. The summed E-state index contributed by atoms with van der Waals surface area (Å²) in [5.74, 6) is -0.447. The van der Waals surface area contributed by atoms with Gasteiger partial charge in [-0.3, -0.25) is 9.69 Å². The predicted molar refractivity (Wildman–Crippen MR) is 88.0 cm³/mol. The van der Waals surface area contributed by atoms with Gasteiger partial charge in [0.25, 0.3) is 0 Å². The Morgan fingerprint density at radius 3 is 2.57 bits per heavy atom. The van der Waals surface area contributed by atoms with Crippen LogP contribution < -0.4 is 11.1 Å². The zero-order valence-corrected chi connectivity index (χ0v) is 14.1. The number of carbonyl (C=O) groups excluding carboxylic acids is 2. The summed E-state index contributed by atoms with van der Waals surface area (Å²) in [4.78, 5) is 27.2. The van der Waals surface area contributed by atoms with E-state index in [2.05, 4.69) is 17.1 Å². The zero-order valence-electron chi connectivity index (χ0n) is 14.1. The molecule has 2 aliphatic rings. The lowest BCUT2D eigenvalue weighted by Crippen LogP contribution is -2.48. The average molecular weight is 326 g/mol. The Hall–Kier alpha value is -1.34. The first kappa shape index (κ1) is 18.0. The molecule has 0 aromatic heterocycles. The number of amides is 3. The molecule has 0 bridgehead atoms. The quantitative estimate of drug-likeness (QED) is 0.745. The van der Waals surface area contributed by atoms with Crippen LogP contribution in [0.5, 0.6) is 0 Å². The van der Waals surface area contributed by atoms with Crippen LogP contribution in [0.2, 0.25) is 0 Å². The molecule has 7 nitrogen and oxygen atoms in total. The van der Waals surface area contributed by atoms with Crippen molar-refractivity contribution in [3.05, 3.63) is 0 Å². The van der Waals surface area contributed by atoms with Crippen molar-refractivity contribution < 1.29 is 14.3 Å². The third-order valence-corrected chi connectivity index (χ3v) is 4.81. The summed E-state index contributed by atoms with van der Waals surface area (Å²) in [7, 11) is 0. The smallest absolute Gasteiger partial charge is 0.317 e. The Bertz CT molecular complexity index is 397. The van der Waals surface area contributed by atoms with Crippen LogP contribution in [-0.2, 0) is 9.53 Å². The monoisotopic (exact) mass is 326 g/mol. The maximum absolute atomic E-state index is 12.2. The highest BCUT2D eigenvalue weighted by Crippen LogP contribution is 2.16. The zero-order chi connectivity index (χ0) is 16.7. The molecule has 0 saturated carbocycles. The number of urea groups is 1. The lowest BCUT2D eigenvalue weighted by atomic mass is 10.0. The van der Waals surface area contributed by atoms with Gasteiger partial charge in [0.05, 0.1) is 6.10 Å². The number of likely N-dealkylation sites (tertiary alicyclic amines) is 2. The maximum atomic E-state index is 12.2. The summed E-state index contributed by atoms with van der Waals surface area (Å²) in [5, 5.41) is 3.02. The minimum Gasteiger partial charge on any atom is -0.368 e. The Morgan fingerprint density at radius 1 is 1.17 bits per heavy atom. The number of primary amides is 1. The third kappa shape index (κ3) is 5.99. The van der Waals surface area contributed by atoms with Gasteiger partial charge in [-0.05, 0) is 39.2 Å². The molecule has 0 radical (unpaired) electrons. The Kier molecular flexibility index (Phi) is 7.11. The van der Waals surface area contributed by atoms with Crippen LogP contribution in [0.3, 0.4) is 0 Å². The third-order valence-electron chi connectivity index (χ3n) is 4.81. The molecule has 132 valence electrons. The van der Waals surface area contributed by atoms with Crippen molar-refractivity contribution in [2.45, 2.75) is 51.2 Å². The molecule has 0 aliphatic carbocycles. The standard InChI is InChI=1S/C16H30N4O3/c1-13-4-2-3-8-19(13)11-7-18-16(22)20-9-5-14(6-10-20)23-12-15(17)21/h13-14H,2-12H2,1H3,(H2,17,21)(H,18,22). The molecule has 0 aromatic carbocycles. The highest BCUT2D eigenvalue weighted by molar-refractivity contribution is 5.75. The van der Waals surface area contributed by atoms with Crippen LogP contribution >= 0.6 is 0 Å². The van der Waals surface area contributed by atoms with Gasteiger partial charge in [0.1, 0.15) is 6.61 Å². The van der Waals surface area contributed by atoms with Crippen LogP contribution in [0.4, 0.5) is 4.79 Å². The Labute approximate surface area is 138 Å². The Morgan fingerprint density at radius 2 is 1.91 bits per heavy atom. The molecular weight excluding hydrogens is 296 g/mol. The van der Waals surface area contributed by atoms with Gasteiger partial charge in [0, 0.05) is 32.2 Å². The molecule has 1 unspecified atom stereocenters. The first-order chi connectivity index (χ1) is 11.1. The van der Waals surface area contributed by atoms with E-state index >= 15 is 0 Å². The topological polar surface area (TPSA) is 87.9 Å². The summed E-state index contributed by atoms with van der Waals surface area (Å²) in [6, 6.07) is 0.627. The van der Waals surface area contributed by atoms with Gasteiger partial charge in [0.2, 0.25) is 5.91 Å². The van der Waals surface area contributed by atoms with Gasteiger partial charge >= 0.3 is 6.03 Å². The number of nitrogens with zero attached hydrogens (tertiary/aromatic N) is 2. The highest BCUT2D eigenvalue weighted by Gasteiger charge is 2.24. The molecule has 2 saturated heterocycles. The molecule has 3 N–H and O–H groups in total. The van der Waals surface area contributed by atoms with Crippen LogP contribution in [0.1, 0.15) is 39.0 Å². The van der Waals surface area contributed by atoms with Crippen LogP contribution in [-0.4, -0.2) is 73.2 Å². The Balaban J connectivity index is 1.60. The summed E-state index contributed by atoms with van der Waals surface area (Å²) < 4.78 is 5.41. The van der Waals surface area contributed by atoms with E-state index in [-0.39, 0.29) is 18.7 Å². The van der Waals surface area contributed by atoms with Gasteiger partial charge in [-0.25, -0.2) is 4.79 Å². The SMILES string of the molecule is CC1CCCCN1CCNC(=O)N1CCC(OCC(N)=O)CC1. The van der Waals surface area contributed by atoms with Crippen molar-refractivity contribution in [3.63, 3.8) is 0 Å². The molecule has 0 aromatic rings. The summed E-state index contributed by atoms with van der Waals surface area (Å²) >= 11 is 0. The molecule has 23 heavy (non-hydrogen) atoms. The number of hydrogen-bond donors (Lipinski definition) is 2. The van der Waals surface area contributed by atoms with Gasteiger partial charge in [-0.2, -0.15) is 0 Å². The van der Waals surface area contributed by atoms with Gasteiger partial charge in [0.15, 0.2) is 0 Å². The number of nitrogens with two attached hydrogens (primary N) is 1. The molecule has 1 atom stereocenters. The number of hydrogen-bond acceptors (Lipinski definition) is 4. The van der Waals surface area contributed by atoms with Gasteiger partial charge in [-0.15, -0.1) is 0 Å². The van der Waals surface area contributed by atoms with Crippen molar-refractivity contribution in [2.75, 3.05) is 39.3 Å². The molecule has 2 fully saturated rings. The fourth-order valence-electron chi connectivity index (χ4n) is 3.33. The van der Waals surface area contributed by atoms with Crippen LogP contribution in [0, 0.1) is 0 Å². The molecule has 2 rings (SSSR count). The van der Waals surface area contributed by atoms with E-state index < -0.39 is 5.91 Å². The van der Waals surface area contributed by atoms with Crippen LogP contribution in [0.25, 0.3) is 0 Å². The number of ether oxygens (including phenoxy) is 1. The first-order valence-corrected chi connectivity index (χ1v) is 8.73. The first-order valence-electron chi connectivity index (χ1n) is 8.73. The van der Waals surface area contributed by atoms with E-state index in [9.17, 15) is 9.59 Å². The van der Waals surface area contributed by atoms with E-state index in [1.54, 1.807) is 0 Å². The van der Waals surface area contributed by atoms with Crippen molar-refractivity contribution in [2.24, 2.45) is 5.73 Å². The predicted octanol–water partition coefficient (Wildman–Crippen LogP) is 0.537. The van der Waals surface area contributed by atoms with Crippen molar-refractivity contribution in [1.82, 2.24) is 15.1 Å². The lowest BCUT2D eigenvalue weighted by molar-refractivity contribution is -0.125. The molecule has 2 heterocycles. The second-order valence-corrected chi connectivity index (χ2v) is 6.58. The minimum atomic E-state index is -0.447. The number of carbonyl (C=O) groups is 2. The minimum absolute atomic E-state index is 0.00279. The maximum Gasteiger partial charge on any atom is 0.317 e. The molecular formula is C16H30N4O3. The molecule has 2 aliphatic heterocycles. The van der Waals surface area contributed by atoms with E-state index in [4.69, 9.17) is 10.5 Å². The van der Waals surface area contributed by atoms with E-state index in [1.165, 1.54) is 19.3 Å². The number of nitrogens with one attached hydrogen (secondary N) is 1. The van der Waals surface area contributed by atoms with Gasteiger partial charge < -0.3 is 20.7 Å². The van der Waals surface area contributed by atoms with Crippen molar-refractivity contribution in [1.29, 1.82) is 0 Å². The van der Waals surface area contributed by atoms with E-state index in [1.807, 2.05) is 4.90 Å². The molecule has 7 heteroatoms. The van der Waals surface area contributed by atoms with Crippen LogP contribution in [0.15, 0.2) is 0 Å². The summed E-state index contributed by atoms with van der Waals surface area (Å²) in [6.45, 7) is 6.31. The summed E-state index contributed by atoms with van der Waals surface area (Å²) in [5.41, 5.74) is 5.07. The largest absolute Gasteiger partial charge is 0.368 e. The fourth-order valence-corrected chi connectivity index (χ4v) is 3.33. The average Bonchev–Trinajstić information content (AvgIpc) is 2.55. The lowest BCUT2D eigenvalue weighted by Gasteiger charge is -2.34. The van der Waals surface area contributed by atoms with Crippen molar-refractivity contribution in [3.8, 4) is 0 Å². The van der Waals surface area contributed by atoms with Gasteiger partial charge in [-0.1, -0.05) is 6.42 Å². The fraction of sp³-hybridized carbons (Fsp3) is 0.875. The highest BCUT2D eigenvalue weighted by atomic mass is 16.5. The normalized spacial score (nSPS) is 23.7. The molecule has 0 spiro atoms.